The van der Waals surface area contributed by atoms with E-state index in [4.69, 9.17) is 18.8 Å². The van der Waals surface area contributed by atoms with E-state index < -0.39 is 0 Å². The molecule has 1 aliphatic rings. The molecule has 218 valence electrons. The molecule has 1 aliphatic heterocycles. The minimum Gasteiger partial charge on any atom is -0.456 e. The number of nitrogens with zero attached hydrogens (tertiary/aromatic N) is 3. The van der Waals surface area contributed by atoms with Crippen molar-refractivity contribution < 1.29 is 8.83 Å². The molecule has 0 atom stereocenters. The monoisotopic (exact) mass is 601 g/mol. The minimum atomic E-state index is 0.585. The Morgan fingerprint density at radius 2 is 1.21 bits per heavy atom. The van der Waals surface area contributed by atoms with Crippen molar-refractivity contribution in [3.8, 4) is 22.4 Å². The molecule has 0 aliphatic carbocycles. The van der Waals surface area contributed by atoms with Crippen molar-refractivity contribution in [2.24, 2.45) is 0 Å². The Bertz CT molecular complexity index is 2930. The third kappa shape index (κ3) is 3.37. The van der Waals surface area contributed by atoms with Gasteiger partial charge in [0.15, 0.2) is 5.58 Å². The summed E-state index contributed by atoms with van der Waals surface area (Å²) in [4.78, 5) is 12.9. The second kappa shape index (κ2) is 9.05. The van der Waals surface area contributed by atoms with Crippen LogP contribution in [0.15, 0.2) is 148 Å². The van der Waals surface area contributed by atoms with Crippen molar-refractivity contribution in [3.05, 3.63) is 140 Å². The number of rotatable bonds is 2. The van der Waals surface area contributed by atoms with Crippen molar-refractivity contribution in [2.75, 3.05) is 4.90 Å². The lowest BCUT2D eigenvalue weighted by Gasteiger charge is -2.32. The van der Waals surface area contributed by atoms with Crippen LogP contribution in [-0.2, 0) is 0 Å². The van der Waals surface area contributed by atoms with Crippen LogP contribution in [0.4, 0.5) is 17.3 Å². The summed E-state index contributed by atoms with van der Waals surface area (Å²) in [6, 6.07) is 48.5. The van der Waals surface area contributed by atoms with Gasteiger partial charge in [0.25, 0.3) is 0 Å². The zero-order valence-corrected chi connectivity index (χ0v) is 24.9. The predicted molar refractivity (Wildman–Crippen MR) is 191 cm³/mol. The standard InChI is InChI=1S/C42H23N3O2/c1-2-12-27-24(9-1)20-22-33-38(27)31-15-7-10-25-11-8-16-32(37(25)31)45(33)42-43-39(41-40(44-42)30-14-4-6-18-35(30)47-41)26-19-21-29-28-13-3-5-17-34(28)46-36(29)23-26/h1-23H. The quantitative estimate of drug-likeness (QED) is 0.197. The van der Waals surface area contributed by atoms with E-state index in [0.717, 1.165) is 61.1 Å². The van der Waals surface area contributed by atoms with E-state index in [-0.39, 0.29) is 0 Å². The van der Waals surface area contributed by atoms with Crippen LogP contribution in [0.3, 0.4) is 0 Å². The number of hydrogen-bond acceptors (Lipinski definition) is 5. The maximum absolute atomic E-state index is 6.52. The van der Waals surface area contributed by atoms with E-state index in [0.29, 0.717) is 11.5 Å². The molecule has 0 radical (unpaired) electrons. The van der Waals surface area contributed by atoms with E-state index in [9.17, 15) is 0 Å². The third-order valence-electron chi connectivity index (χ3n) is 9.60. The molecule has 47 heavy (non-hydrogen) atoms. The fourth-order valence-corrected chi connectivity index (χ4v) is 7.54. The van der Waals surface area contributed by atoms with Gasteiger partial charge in [0.2, 0.25) is 5.95 Å². The second-order valence-electron chi connectivity index (χ2n) is 12.2. The molecule has 3 aromatic heterocycles. The molecule has 4 heterocycles. The number of furan rings is 2. The van der Waals surface area contributed by atoms with Crippen LogP contribution < -0.4 is 4.90 Å². The average molecular weight is 602 g/mol. The van der Waals surface area contributed by atoms with Gasteiger partial charge in [0.1, 0.15) is 28.0 Å². The molecule has 5 heteroatoms. The highest BCUT2D eigenvalue weighted by Crippen LogP contribution is 2.53. The summed E-state index contributed by atoms with van der Waals surface area (Å²) in [6.07, 6.45) is 0. The summed E-state index contributed by atoms with van der Waals surface area (Å²) in [5, 5.41) is 7.86. The van der Waals surface area contributed by atoms with Gasteiger partial charge in [0.05, 0.1) is 11.4 Å². The van der Waals surface area contributed by atoms with Crippen LogP contribution in [0.5, 0.6) is 0 Å². The number of hydrogen-bond donors (Lipinski definition) is 0. The van der Waals surface area contributed by atoms with E-state index >= 15 is 0 Å². The Morgan fingerprint density at radius 1 is 0.489 bits per heavy atom. The van der Waals surface area contributed by atoms with E-state index in [1.165, 1.54) is 32.7 Å². The fraction of sp³-hybridized carbons (Fsp3) is 0. The maximum atomic E-state index is 6.52. The van der Waals surface area contributed by atoms with Crippen LogP contribution in [0.1, 0.15) is 0 Å². The molecule has 5 nitrogen and oxygen atoms in total. The molecule has 0 saturated heterocycles. The van der Waals surface area contributed by atoms with Gasteiger partial charge in [-0.2, -0.15) is 0 Å². The zero-order valence-electron chi connectivity index (χ0n) is 24.9. The van der Waals surface area contributed by atoms with Gasteiger partial charge in [0, 0.05) is 32.7 Å². The van der Waals surface area contributed by atoms with Gasteiger partial charge < -0.3 is 8.83 Å². The molecule has 0 amide bonds. The summed E-state index contributed by atoms with van der Waals surface area (Å²) >= 11 is 0. The van der Waals surface area contributed by atoms with Gasteiger partial charge in [-0.1, -0.05) is 97.1 Å². The topological polar surface area (TPSA) is 55.3 Å². The third-order valence-corrected chi connectivity index (χ3v) is 9.60. The van der Waals surface area contributed by atoms with Gasteiger partial charge in [-0.15, -0.1) is 0 Å². The first-order valence-electron chi connectivity index (χ1n) is 15.8. The predicted octanol–water partition coefficient (Wildman–Crippen LogP) is 11.7. The Kier molecular flexibility index (Phi) is 4.78. The van der Waals surface area contributed by atoms with Gasteiger partial charge in [-0.25, -0.2) is 9.97 Å². The molecule has 0 spiro atoms. The van der Waals surface area contributed by atoms with Crippen molar-refractivity contribution in [2.45, 2.75) is 0 Å². The highest BCUT2D eigenvalue weighted by Gasteiger charge is 2.30. The largest absolute Gasteiger partial charge is 0.456 e. The summed E-state index contributed by atoms with van der Waals surface area (Å²) in [5.74, 6) is 0.585. The van der Waals surface area contributed by atoms with Crippen molar-refractivity contribution in [1.29, 1.82) is 0 Å². The van der Waals surface area contributed by atoms with Crippen LogP contribution in [0, 0.1) is 0 Å². The minimum absolute atomic E-state index is 0.585. The van der Waals surface area contributed by atoms with Gasteiger partial charge >= 0.3 is 0 Å². The van der Waals surface area contributed by atoms with Crippen LogP contribution in [-0.4, -0.2) is 9.97 Å². The number of para-hydroxylation sites is 2. The van der Waals surface area contributed by atoms with E-state index in [1.54, 1.807) is 0 Å². The molecule has 0 fully saturated rings. The van der Waals surface area contributed by atoms with Gasteiger partial charge in [-0.3, -0.25) is 4.90 Å². The highest BCUT2D eigenvalue weighted by molar-refractivity contribution is 6.19. The molecule has 0 unspecified atom stereocenters. The lowest BCUT2D eigenvalue weighted by molar-refractivity contribution is 0.666. The second-order valence-corrected chi connectivity index (χ2v) is 12.2. The lowest BCUT2D eigenvalue weighted by Crippen LogP contribution is -2.18. The summed E-state index contributed by atoms with van der Waals surface area (Å²) < 4.78 is 12.8. The summed E-state index contributed by atoms with van der Waals surface area (Å²) in [7, 11) is 0. The van der Waals surface area contributed by atoms with E-state index in [2.05, 4.69) is 108 Å². The highest BCUT2D eigenvalue weighted by atomic mass is 16.3. The first-order chi connectivity index (χ1) is 23.3. The zero-order chi connectivity index (χ0) is 30.6. The number of aromatic nitrogens is 2. The van der Waals surface area contributed by atoms with Crippen LogP contribution in [0.2, 0.25) is 0 Å². The lowest BCUT2D eigenvalue weighted by atomic mass is 9.88. The Morgan fingerprint density at radius 3 is 2.11 bits per heavy atom. The summed E-state index contributed by atoms with van der Waals surface area (Å²) in [6.45, 7) is 0. The Hall–Kier alpha value is -6.46. The molecule has 10 aromatic rings. The van der Waals surface area contributed by atoms with Crippen LogP contribution >= 0.6 is 0 Å². The summed E-state index contributed by atoms with van der Waals surface area (Å²) in [5.41, 5.74) is 9.98. The smallest absolute Gasteiger partial charge is 0.236 e. The molecule has 0 N–H and O–H groups in total. The number of anilines is 3. The number of fused-ring (bicyclic) bond motifs is 10. The molecule has 0 bridgehead atoms. The molecule has 0 saturated carbocycles. The fourth-order valence-electron chi connectivity index (χ4n) is 7.54. The molecular weight excluding hydrogens is 578 g/mol. The van der Waals surface area contributed by atoms with E-state index in [1.807, 2.05) is 36.4 Å². The average Bonchev–Trinajstić information content (AvgIpc) is 3.69. The Balaban J connectivity index is 1.25. The molecule has 11 rings (SSSR count). The normalized spacial score (nSPS) is 12.6. The van der Waals surface area contributed by atoms with Gasteiger partial charge in [-0.05, 0) is 64.2 Å². The maximum Gasteiger partial charge on any atom is 0.236 e. The van der Waals surface area contributed by atoms with Crippen molar-refractivity contribution in [1.82, 2.24) is 9.97 Å². The number of benzene rings is 7. The first kappa shape index (κ1) is 24.8. The Labute approximate surface area is 267 Å². The molecular formula is C42H23N3O2. The SMILES string of the molecule is c1ccc2c3c(ccc2c1)N(c1nc(-c2ccc4c(c2)oc2ccccc24)c2oc4ccccc4c2n1)c1cccc2cccc-3c12. The van der Waals surface area contributed by atoms with Crippen molar-refractivity contribution in [3.63, 3.8) is 0 Å². The van der Waals surface area contributed by atoms with Crippen molar-refractivity contribution >= 4 is 82.9 Å². The first-order valence-corrected chi connectivity index (χ1v) is 15.8. The van der Waals surface area contributed by atoms with Crippen LogP contribution in [0.25, 0.3) is 87.9 Å². The molecule has 7 aromatic carbocycles.